The summed E-state index contributed by atoms with van der Waals surface area (Å²) in [6, 6.07) is 11.4. The third-order valence-electron chi connectivity index (χ3n) is 4.37. The second-order valence-corrected chi connectivity index (χ2v) is 8.24. The van der Waals surface area contributed by atoms with Gasteiger partial charge in [0.1, 0.15) is 10.6 Å². The van der Waals surface area contributed by atoms with Gasteiger partial charge >= 0.3 is 5.97 Å². The maximum Gasteiger partial charge on any atom is 0.360 e. The Balaban J connectivity index is 2.00. The molecular weight excluding hydrogens is 408 g/mol. The van der Waals surface area contributed by atoms with Gasteiger partial charge in [-0.25, -0.2) is 13.2 Å². The standard InChI is InChI=1S/C21H22N2O6S/c1-5-28-21(24)17-12-19(29-22-17)15-8-9-18(27-4)20(11-15)30(25,26)23-16-10-13(2)6-7-14(16)3/h6-12,23H,5H2,1-4H3. The minimum absolute atomic E-state index is 0.000542. The van der Waals surface area contributed by atoms with E-state index >= 15 is 0 Å². The topological polar surface area (TPSA) is 108 Å². The third-order valence-corrected chi connectivity index (χ3v) is 5.76. The molecule has 158 valence electrons. The number of nitrogens with zero attached hydrogens (tertiary/aromatic N) is 1. The molecule has 0 fully saturated rings. The molecule has 30 heavy (non-hydrogen) atoms. The highest BCUT2D eigenvalue weighted by Gasteiger charge is 2.23. The number of anilines is 1. The van der Waals surface area contributed by atoms with Crippen molar-refractivity contribution in [1.29, 1.82) is 0 Å². The van der Waals surface area contributed by atoms with E-state index in [1.54, 1.807) is 19.1 Å². The van der Waals surface area contributed by atoms with Crippen LogP contribution in [0.5, 0.6) is 5.75 Å². The second-order valence-electron chi connectivity index (χ2n) is 6.59. The average molecular weight is 430 g/mol. The molecule has 0 atom stereocenters. The number of hydrogen-bond acceptors (Lipinski definition) is 7. The predicted octanol–water partition coefficient (Wildman–Crippen LogP) is 3.94. The van der Waals surface area contributed by atoms with Gasteiger partial charge < -0.3 is 14.0 Å². The van der Waals surface area contributed by atoms with Crippen LogP contribution in [0.3, 0.4) is 0 Å². The van der Waals surface area contributed by atoms with Crippen LogP contribution in [-0.4, -0.2) is 33.3 Å². The number of carbonyl (C=O) groups excluding carboxylic acids is 1. The summed E-state index contributed by atoms with van der Waals surface area (Å²) in [4.78, 5) is 11.7. The normalized spacial score (nSPS) is 11.2. The van der Waals surface area contributed by atoms with Crippen molar-refractivity contribution in [3.05, 3.63) is 59.3 Å². The zero-order valence-electron chi connectivity index (χ0n) is 17.1. The van der Waals surface area contributed by atoms with E-state index in [2.05, 4.69) is 9.88 Å². The summed E-state index contributed by atoms with van der Waals surface area (Å²) in [5, 5.41) is 3.69. The van der Waals surface area contributed by atoms with Crippen molar-refractivity contribution in [2.45, 2.75) is 25.7 Å². The summed E-state index contributed by atoms with van der Waals surface area (Å²) in [7, 11) is -2.58. The van der Waals surface area contributed by atoms with Crippen LogP contribution in [0.4, 0.5) is 5.69 Å². The Bertz CT molecular complexity index is 1180. The minimum Gasteiger partial charge on any atom is -0.495 e. The smallest absolute Gasteiger partial charge is 0.360 e. The van der Waals surface area contributed by atoms with Gasteiger partial charge in [-0.2, -0.15) is 0 Å². The number of sulfonamides is 1. The summed E-state index contributed by atoms with van der Waals surface area (Å²) in [6.07, 6.45) is 0. The molecule has 1 N–H and O–H groups in total. The van der Waals surface area contributed by atoms with Crippen LogP contribution in [-0.2, 0) is 14.8 Å². The lowest BCUT2D eigenvalue weighted by Crippen LogP contribution is -2.15. The molecule has 0 radical (unpaired) electrons. The molecule has 9 heteroatoms. The van der Waals surface area contributed by atoms with Gasteiger partial charge in [-0.05, 0) is 56.2 Å². The van der Waals surface area contributed by atoms with Crippen LogP contribution in [0, 0.1) is 13.8 Å². The van der Waals surface area contributed by atoms with Crippen LogP contribution in [0.25, 0.3) is 11.3 Å². The molecule has 8 nitrogen and oxygen atoms in total. The Labute approximate surface area is 174 Å². The summed E-state index contributed by atoms with van der Waals surface area (Å²) in [5.41, 5.74) is 2.60. The molecule has 2 aromatic carbocycles. The van der Waals surface area contributed by atoms with Gasteiger partial charge in [-0.1, -0.05) is 17.3 Å². The number of benzene rings is 2. The van der Waals surface area contributed by atoms with Crippen LogP contribution >= 0.6 is 0 Å². The first-order chi connectivity index (χ1) is 14.2. The van der Waals surface area contributed by atoms with E-state index in [0.717, 1.165) is 11.1 Å². The summed E-state index contributed by atoms with van der Waals surface area (Å²) < 4.78 is 44.2. The fourth-order valence-electron chi connectivity index (χ4n) is 2.80. The monoisotopic (exact) mass is 430 g/mol. The van der Waals surface area contributed by atoms with Gasteiger partial charge in [-0.3, -0.25) is 4.72 Å². The van der Waals surface area contributed by atoms with Crippen molar-refractivity contribution in [1.82, 2.24) is 5.16 Å². The molecule has 0 aliphatic carbocycles. The van der Waals surface area contributed by atoms with Crippen LogP contribution in [0.15, 0.2) is 51.9 Å². The first-order valence-corrected chi connectivity index (χ1v) is 10.7. The lowest BCUT2D eigenvalue weighted by molar-refractivity contribution is 0.0514. The van der Waals surface area contributed by atoms with Crippen molar-refractivity contribution >= 4 is 21.7 Å². The highest BCUT2D eigenvalue weighted by Crippen LogP contribution is 2.32. The number of ether oxygens (including phenoxy) is 2. The number of esters is 1. The lowest BCUT2D eigenvalue weighted by Gasteiger charge is -2.14. The maximum absolute atomic E-state index is 13.1. The maximum atomic E-state index is 13.1. The predicted molar refractivity (Wildman–Crippen MR) is 111 cm³/mol. The average Bonchev–Trinajstić information content (AvgIpc) is 3.20. The number of hydrogen-bond donors (Lipinski definition) is 1. The Morgan fingerprint density at radius 2 is 1.90 bits per heavy atom. The number of aromatic nitrogens is 1. The molecule has 1 aromatic heterocycles. The molecule has 0 aliphatic heterocycles. The summed E-state index contributed by atoms with van der Waals surface area (Å²) in [6.45, 7) is 5.58. The molecule has 0 spiro atoms. The molecule has 0 saturated carbocycles. The number of methoxy groups -OCH3 is 1. The lowest BCUT2D eigenvalue weighted by atomic mass is 10.1. The van der Waals surface area contributed by atoms with E-state index in [0.29, 0.717) is 11.3 Å². The number of carbonyl (C=O) groups is 1. The minimum atomic E-state index is -3.97. The summed E-state index contributed by atoms with van der Waals surface area (Å²) in [5.74, 6) is -0.226. The molecule has 0 saturated heterocycles. The molecule has 0 aliphatic rings. The number of aryl methyl sites for hydroxylation is 2. The quantitative estimate of drug-likeness (QED) is 0.566. The zero-order chi connectivity index (χ0) is 21.9. The Morgan fingerprint density at radius 3 is 2.60 bits per heavy atom. The van der Waals surface area contributed by atoms with Gasteiger partial charge in [0.25, 0.3) is 10.0 Å². The van der Waals surface area contributed by atoms with E-state index in [1.165, 1.54) is 25.3 Å². The fraction of sp³-hybridized carbons (Fsp3) is 0.238. The van der Waals surface area contributed by atoms with Crippen molar-refractivity contribution in [2.75, 3.05) is 18.4 Å². The Morgan fingerprint density at radius 1 is 1.13 bits per heavy atom. The highest BCUT2D eigenvalue weighted by atomic mass is 32.2. The molecule has 3 aromatic rings. The molecule has 1 heterocycles. The van der Waals surface area contributed by atoms with Crippen LogP contribution in [0.1, 0.15) is 28.5 Å². The zero-order valence-corrected chi connectivity index (χ0v) is 17.9. The van der Waals surface area contributed by atoms with E-state index in [4.69, 9.17) is 14.0 Å². The van der Waals surface area contributed by atoms with Gasteiger partial charge in [0.15, 0.2) is 11.5 Å². The van der Waals surface area contributed by atoms with Gasteiger partial charge in [0.2, 0.25) is 0 Å². The SMILES string of the molecule is CCOC(=O)c1cc(-c2ccc(OC)c(S(=O)(=O)Nc3cc(C)ccc3C)c2)on1. The largest absolute Gasteiger partial charge is 0.495 e. The van der Waals surface area contributed by atoms with Crippen LogP contribution in [0.2, 0.25) is 0 Å². The van der Waals surface area contributed by atoms with E-state index in [-0.39, 0.29) is 28.7 Å². The molecule has 3 rings (SSSR count). The van der Waals surface area contributed by atoms with Crippen molar-refractivity contribution in [2.24, 2.45) is 0 Å². The third kappa shape index (κ3) is 4.46. The van der Waals surface area contributed by atoms with Gasteiger partial charge in [-0.15, -0.1) is 0 Å². The number of rotatable bonds is 7. The Hall–Kier alpha value is -3.33. The molecular formula is C21H22N2O6S. The molecule has 0 bridgehead atoms. The van der Waals surface area contributed by atoms with Crippen molar-refractivity contribution < 1.29 is 27.2 Å². The first-order valence-electron chi connectivity index (χ1n) is 9.17. The van der Waals surface area contributed by atoms with E-state index < -0.39 is 16.0 Å². The Kier molecular flexibility index (Phi) is 6.12. The molecule has 0 amide bonds. The van der Waals surface area contributed by atoms with E-state index in [9.17, 15) is 13.2 Å². The fourth-order valence-corrected chi connectivity index (χ4v) is 4.12. The summed E-state index contributed by atoms with van der Waals surface area (Å²) >= 11 is 0. The van der Waals surface area contributed by atoms with Gasteiger partial charge in [0, 0.05) is 11.6 Å². The van der Waals surface area contributed by atoms with Crippen molar-refractivity contribution in [3.8, 4) is 17.1 Å². The second kappa shape index (κ2) is 8.58. The first kappa shape index (κ1) is 21.4. The van der Waals surface area contributed by atoms with Gasteiger partial charge in [0.05, 0.1) is 19.4 Å². The van der Waals surface area contributed by atoms with Crippen LogP contribution < -0.4 is 9.46 Å². The van der Waals surface area contributed by atoms with E-state index in [1.807, 2.05) is 26.0 Å². The highest BCUT2D eigenvalue weighted by molar-refractivity contribution is 7.92. The van der Waals surface area contributed by atoms with Crippen molar-refractivity contribution in [3.63, 3.8) is 0 Å². The molecule has 0 unspecified atom stereocenters. The number of nitrogens with one attached hydrogen (secondary N) is 1.